The van der Waals surface area contributed by atoms with Crippen molar-refractivity contribution in [2.45, 2.75) is 38.4 Å². The van der Waals surface area contributed by atoms with E-state index in [1.165, 1.54) is 5.56 Å². The number of nitrogens with zero attached hydrogens (tertiary/aromatic N) is 2. The Balaban J connectivity index is 1.33. The van der Waals surface area contributed by atoms with E-state index in [0.29, 0.717) is 38.3 Å². The van der Waals surface area contributed by atoms with E-state index in [4.69, 9.17) is 14.2 Å². The molecule has 196 valence electrons. The average Bonchev–Trinajstić information content (AvgIpc) is 3.57. The lowest BCUT2D eigenvalue weighted by molar-refractivity contribution is 0.0538. The number of rotatable bonds is 11. The highest BCUT2D eigenvalue weighted by Crippen LogP contribution is 2.38. The lowest BCUT2D eigenvalue weighted by Crippen LogP contribution is -2.49. The van der Waals surface area contributed by atoms with Gasteiger partial charge in [0.05, 0.1) is 13.2 Å². The molecular formula is C30H37N3O4. The van der Waals surface area contributed by atoms with Gasteiger partial charge in [-0.3, -0.25) is 9.69 Å². The Labute approximate surface area is 219 Å². The van der Waals surface area contributed by atoms with Crippen molar-refractivity contribution in [3.8, 4) is 11.5 Å². The van der Waals surface area contributed by atoms with Gasteiger partial charge in [0.15, 0.2) is 0 Å². The van der Waals surface area contributed by atoms with E-state index >= 15 is 0 Å². The molecule has 1 N–H and O–H groups in total. The molecule has 37 heavy (non-hydrogen) atoms. The third kappa shape index (κ3) is 6.00. The number of ether oxygens (including phenoxy) is 3. The van der Waals surface area contributed by atoms with Crippen molar-refractivity contribution in [2.75, 3.05) is 40.0 Å². The number of carbonyl (C=O) groups is 1. The van der Waals surface area contributed by atoms with Gasteiger partial charge in [-0.25, -0.2) is 0 Å². The molecule has 0 saturated carbocycles. The van der Waals surface area contributed by atoms with E-state index < -0.39 is 0 Å². The van der Waals surface area contributed by atoms with Crippen molar-refractivity contribution in [3.05, 3.63) is 83.7 Å². The first kappa shape index (κ1) is 25.4. The van der Waals surface area contributed by atoms with Crippen LogP contribution in [-0.2, 0) is 17.8 Å². The van der Waals surface area contributed by atoms with Gasteiger partial charge in [-0.1, -0.05) is 18.2 Å². The second-order valence-corrected chi connectivity index (χ2v) is 9.98. The van der Waals surface area contributed by atoms with Gasteiger partial charge < -0.3 is 24.1 Å². The average molecular weight is 504 g/mol. The smallest absolute Gasteiger partial charge is 0.252 e. The molecule has 1 fully saturated rings. The minimum atomic E-state index is -0.0224. The molecule has 7 nitrogen and oxygen atoms in total. The number of fused-ring (bicyclic) bond motifs is 1. The Morgan fingerprint density at radius 1 is 0.973 bits per heavy atom. The maximum absolute atomic E-state index is 12.2. The lowest BCUT2D eigenvalue weighted by atomic mass is 9.76. The fourth-order valence-electron chi connectivity index (χ4n) is 5.63. The fraction of sp³-hybridized carbons (Fsp3) is 0.433. The highest BCUT2D eigenvalue weighted by atomic mass is 16.5. The molecule has 7 heteroatoms. The molecule has 1 amide bonds. The van der Waals surface area contributed by atoms with Gasteiger partial charge in [-0.15, -0.1) is 0 Å². The van der Waals surface area contributed by atoms with Crippen molar-refractivity contribution in [3.63, 3.8) is 0 Å². The van der Waals surface area contributed by atoms with Crippen molar-refractivity contribution in [1.82, 2.24) is 14.8 Å². The molecule has 0 radical (unpaired) electrons. The zero-order valence-electron chi connectivity index (χ0n) is 21.8. The molecule has 5 rings (SSSR count). The first-order valence-corrected chi connectivity index (χ1v) is 13.2. The molecule has 3 atom stereocenters. The van der Waals surface area contributed by atoms with Crippen LogP contribution in [0.2, 0.25) is 0 Å². The summed E-state index contributed by atoms with van der Waals surface area (Å²) in [7, 11) is 1.68. The minimum absolute atomic E-state index is 0.0224. The summed E-state index contributed by atoms with van der Waals surface area (Å²) >= 11 is 0. The van der Waals surface area contributed by atoms with Gasteiger partial charge in [0.2, 0.25) is 0 Å². The molecule has 0 aliphatic carbocycles. The number of nitrogens with one attached hydrogen (secondary N) is 1. The van der Waals surface area contributed by atoms with E-state index in [9.17, 15) is 4.79 Å². The van der Waals surface area contributed by atoms with Crippen LogP contribution >= 0.6 is 0 Å². The molecular weight excluding hydrogens is 466 g/mol. The molecule has 3 heterocycles. The summed E-state index contributed by atoms with van der Waals surface area (Å²) in [5.41, 5.74) is 3.04. The van der Waals surface area contributed by atoms with E-state index in [0.717, 1.165) is 48.7 Å². The largest absolute Gasteiger partial charge is 0.493 e. The molecule has 3 aromatic rings. The van der Waals surface area contributed by atoms with Crippen LogP contribution in [0.3, 0.4) is 0 Å². The zero-order valence-corrected chi connectivity index (χ0v) is 21.8. The van der Waals surface area contributed by atoms with Crippen LogP contribution in [0, 0.1) is 5.92 Å². The van der Waals surface area contributed by atoms with Crippen LogP contribution in [0.5, 0.6) is 11.5 Å². The molecule has 0 spiro atoms. The number of piperidine rings is 1. The van der Waals surface area contributed by atoms with Gasteiger partial charge in [0.1, 0.15) is 18.1 Å². The van der Waals surface area contributed by atoms with Gasteiger partial charge in [0, 0.05) is 56.7 Å². The number of hydrogen-bond acceptors (Lipinski definition) is 5. The Morgan fingerprint density at radius 2 is 1.81 bits per heavy atom. The summed E-state index contributed by atoms with van der Waals surface area (Å²) in [5, 5.41) is 2.89. The standard InChI is InChI=1S/C30H37N3O4/c1-22-29(21-37-26-9-8-24-20-31-30(34)28(24)19-26)27(10-13-33(22)15-14-32-11-3-4-12-32)23-6-5-7-25(18-23)36-17-16-35-2/h3-9,11-12,18-19,22,27,29H,10,13-17,20-21H2,1-2H3,(H,31,34)/t22-,27+,29-/m1/s1. The number of likely N-dealkylation sites (tertiary alicyclic amines) is 1. The highest BCUT2D eigenvalue weighted by Gasteiger charge is 2.37. The second-order valence-electron chi connectivity index (χ2n) is 9.98. The fourth-order valence-corrected chi connectivity index (χ4v) is 5.63. The summed E-state index contributed by atoms with van der Waals surface area (Å²) < 4.78 is 19.7. The quantitative estimate of drug-likeness (QED) is 0.395. The number of aromatic nitrogens is 1. The van der Waals surface area contributed by atoms with Crippen LogP contribution in [0.15, 0.2) is 67.0 Å². The number of benzene rings is 2. The summed E-state index contributed by atoms with van der Waals surface area (Å²) in [6.07, 6.45) is 5.30. The number of hydrogen-bond donors (Lipinski definition) is 1. The molecule has 2 aliphatic rings. The van der Waals surface area contributed by atoms with E-state index in [2.05, 4.69) is 64.4 Å². The summed E-state index contributed by atoms with van der Waals surface area (Å²) in [6, 6.07) is 18.8. The van der Waals surface area contributed by atoms with Crippen LogP contribution in [0.4, 0.5) is 0 Å². The Hall–Kier alpha value is -3.29. The predicted octanol–water partition coefficient (Wildman–Crippen LogP) is 4.33. The number of amides is 1. The van der Waals surface area contributed by atoms with Crippen molar-refractivity contribution in [1.29, 1.82) is 0 Å². The van der Waals surface area contributed by atoms with E-state index in [1.807, 2.05) is 24.3 Å². The molecule has 0 bridgehead atoms. The van der Waals surface area contributed by atoms with E-state index in [1.54, 1.807) is 7.11 Å². The Morgan fingerprint density at radius 3 is 2.65 bits per heavy atom. The van der Waals surface area contributed by atoms with Crippen molar-refractivity contribution >= 4 is 5.91 Å². The Kier molecular flexibility index (Phi) is 8.12. The van der Waals surface area contributed by atoms with Crippen LogP contribution in [0.25, 0.3) is 0 Å². The van der Waals surface area contributed by atoms with Gasteiger partial charge >= 0.3 is 0 Å². The number of methoxy groups -OCH3 is 1. The van der Waals surface area contributed by atoms with Crippen molar-refractivity contribution in [2.24, 2.45) is 5.92 Å². The third-order valence-corrected chi connectivity index (χ3v) is 7.80. The van der Waals surface area contributed by atoms with Gasteiger partial charge in [0.25, 0.3) is 5.91 Å². The highest BCUT2D eigenvalue weighted by molar-refractivity contribution is 5.98. The first-order valence-electron chi connectivity index (χ1n) is 13.2. The maximum atomic E-state index is 12.2. The lowest BCUT2D eigenvalue weighted by Gasteiger charge is -2.44. The minimum Gasteiger partial charge on any atom is -0.493 e. The maximum Gasteiger partial charge on any atom is 0.252 e. The van der Waals surface area contributed by atoms with Gasteiger partial charge in [-0.2, -0.15) is 0 Å². The van der Waals surface area contributed by atoms with Crippen molar-refractivity contribution < 1.29 is 19.0 Å². The summed E-state index contributed by atoms with van der Waals surface area (Å²) in [5.74, 6) is 2.24. The summed E-state index contributed by atoms with van der Waals surface area (Å²) in [4.78, 5) is 14.7. The second kappa shape index (κ2) is 11.8. The predicted molar refractivity (Wildman–Crippen MR) is 143 cm³/mol. The van der Waals surface area contributed by atoms with Crippen LogP contribution < -0.4 is 14.8 Å². The molecule has 0 unspecified atom stereocenters. The first-order chi connectivity index (χ1) is 18.1. The molecule has 1 saturated heterocycles. The Bertz CT molecular complexity index is 1180. The molecule has 2 aromatic carbocycles. The SMILES string of the molecule is COCCOc1cccc([C@@H]2CCN(CCn3cccc3)[C@H](C)[C@H]2COc2ccc3c(c2)C(=O)NC3)c1. The monoisotopic (exact) mass is 503 g/mol. The molecule has 1 aromatic heterocycles. The van der Waals surface area contributed by atoms with Crippen LogP contribution in [-0.4, -0.2) is 61.4 Å². The molecule has 2 aliphatic heterocycles. The van der Waals surface area contributed by atoms with Gasteiger partial charge in [-0.05, 0) is 73.3 Å². The van der Waals surface area contributed by atoms with E-state index in [-0.39, 0.29) is 11.8 Å². The third-order valence-electron chi connectivity index (χ3n) is 7.80. The topological polar surface area (TPSA) is 65.0 Å². The normalized spacial score (nSPS) is 21.5. The number of carbonyl (C=O) groups excluding carboxylic acids is 1. The zero-order chi connectivity index (χ0) is 25.6. The summed E-state index contributed by atoms with van der Waals surface area (Å²) in [6.45, 7) is 7.61. The van der Waals surface area contributed by atoms with Crippen LogP contribution in [0.1, 0.15) is 40.7 Å².